The Morgan fingerprint density at radius 1 is 1.28 bits per heavy atom. The van der Waals surface area contributed by atoms with Crippen LogP contribution in [0.25, 0.3) is 10.9 Å². The number of aromatic amines is 1. The van der Waals surface area contributed by atoms with Gasteiger partial charge in [-0.2, -0.15) is 0 Å². The molecular formula is C20H30N4O. The van der Waals surface area contributed by atoms with E-state index in [4.69, 9.17) is 0 Å². The standard InChI is InChI=1S/C20H30N4O/c1-14(2)19(24-11-8-15(3)9-12-24)13-22-20(25)23-18-6-4-5-17-16(18)7-10-21-17/h4-7,10,14-15,19,21H,8-9,11-13H2,1-3H3,(H2,22,23,25). The number of hydrogen-bond donors (Lipinski definition) is 3. The second-order valence-corrected chi connectivity index (χ2v) is 7.61. The Morgan fingerprint density at radius 2 is 2.04 bits per heavy atom. The van der Waals surface area contributed by atoms with Crippen molar-refractivity contribution in [3.05, 3.63) is 30.5 Å². The van der Waals surface area contributed by atoms with E-state index in [1.54, 1.807) is 0 Å². The van der Waals surface area contributed by atoms with Gasteiger partial charge in [0.15, 0.2) is 0 Å². The lowest BCUT2D eigenvalue weighted by Gasteiger charge is -2.38. The molecule has 1 aromatic carbocycles. The summed E-state index contributed by atoms with van der Waals surface area (Å²) in [4.78, 5) is 18.1. The zero-order valence-electron chi connectivity index (χ0n) is 15.5. The highest BCUT2D eigenvalue weighted by Crippen LogP contribution is 2.23. The van der Waals surface area contributed by atoms with Gasteiger partial charge in [-0.3, -0.25) is 4.90 Å². The lowest BCUT2D eigenvalue weighted by molar-refractivity contribution is 0.108. The quantitative estimate of drug-likeness (QED) is 0.768. The third-order valence-electron chi connectivity index (χ3n) is 5.37. The molecule has 1 aliphatic heterocycles. The Balaban J connectivity index is 1.57. The van der Waals surface area contributed by atoms with Crippen LogP contribution in [0.5, 0.6) is 0 Å². The molecule has 1 atom stereocenters. The van der Waals surface area contributed by atoms with Crippen LogP contribution < -0.4 is 10.6 Å². The Bertz CT molecular complexity index is 701. The number of carbonyl (C=O) groups excluding carboxylic acids is 1. The highest BCUT2D eigenvalue weighted by atomic mass is 16.2. The van der Waals surface area contributed by atoms with Gasteiger partial charge in [0.2, 0.25) is 0 Å². The SMILES string of the molecule is CC1CCN(C(CNC(=O)Nc2cccc3[nH]ccc23)C(C)C)CC1. The number of amides is 2. The maximum Gasteiger partial charge on any atom is 0.319 e. The first-order valence-corrected chi connectivity index (χ1v) is 9.39. The second-order valence-electron chi connectivity index (χ2n) is 7.61. The fourth-order valence-corrected chi connectivity index (χ4v) is 3.70. The molecule has 25 heavy (non-hydrogen) atoms. The highest BCUT2D eigenvalue weighted by Gasteiger charge is 2.25. The molecule has 1 aliphatic rings. The van der Waals surface area contributed by atoms with Crippen molar-refractivity contribution in [3.8, 4) is 0 Å². The number of fused-ring (bicyclic) bond motifs is 1. The lowest BCUT2D eigenvalue weighted by atomic mass is 9.94. The molecule has 1 unspecified atom stereocenters. The predicted octanol–water partition coefficient (Wildman–Crippen LogP) is 4.05. The number of urea groups is 1. The first kappa shape index (κ1) is 17.8. The Hall–Kier alpha value is -2.01. The molecule has 2 aromatic rings. The van der Waals surface area contributed by atoms with Crippen LogP contribution in [0, 0.1) is 11.8 Å². The minimum atomic E-state index is -0.135. The van der Waals surface area contributed by atoms with E-state index in [0.717, 1.165) is 35.6 Å². The molecule has 5 nitrogen and oxygen atoms in total. The lowest BCUT2D eigenvalue weighted by Crippen LogP contribution is -2.50. The molecule has 2 amide bonds. The molecule has 0 bridgehead atoms. The van der Waals surface area contributed by atoms with Crippen molar-refractivity contribution in [1.82, 2.24) is 15.2 Å². The molecule has 3 N–H and O–H groups in total. The van der Waals surface area contributed by atoms with Crippen LogP contribution in [-0.2, 0) is 0 Å². The molecular weight excluding hydrogens is 312 g/mol. The van der Waals surface area contributed by atoms with Crippen LogP contribution in [-0.4, -0.2) is 41.6 Å². The van der Waals surface area contributed by atoms with Crippen LogP contribution in [0.15, 0.2) is 30.5 Å². The number of anilines is 1. The molecule has 0 saturated carbocycles. The summed E-state index contributed by atoms with van der Waals surface area (Å²) in [6.45, 7) is 9.76. The van der Waals surface area contributed by atoms with Gasteiger partial charge >= 0.3 is 6.03 Å². The summed E-state index contributed by atoms with van der Waals surface area (Å²) in [5.74, 6) is 1.34. The number of carbonyl (C=O) groups is 1. The van der Waals surface area contributed by atoms with E-state index in [-0.39, 0.29) is 6.03 Å². The summed E-state index contributed by atoms with van der Waals surface area (Å²) in [6.07, 6.45) is 4.40. The van der Waals surface area contributed by atoms with Crippen molar-refractivity contribution in [3.63, 3.8) is 0 Å². The highest BCUT2D eigenvalue weighted by molar-refractivity contribution is 6.00. The molecule has 1 fully saturated rings. The van der Waals surface area contributed by atoms with Crippen molar-refractivity contribution >= 4 is 22.6 Å². The van der Waals surface area contributed by atoms with Crippen LogP contribution >= 0.6 is 0 Å². The van der Waals surface area contributed by atoms with E-state index in [2.05, 4.69) is 41.3 Å². The molecule has 1 saturated heterocycles. The minimum Gasteiger partial charge on any atom is -0.361 e. The number of hydrogen-bond acceptors (Lipinski definition) is 2. The second kappa shape index (κ2) is 7.91. The van der Waals surface area contributed by atoms with Crippen LogP contribution in [0.2, 0.25) is 0 Å². The summed E-state index contributed by atoms with van der Waals surface area (Å²) in [5.41, 5.74) is 1.87. The minimum absolute atomic E-state index is 0.135. The first-order valence-electron chi connectivity index (χ1n) is 9.39. The predicted molar refractivity (Wildman–Crippen MR) is 104 cm³/mol. The van der Waals surface area contributed by atoms with Crippen molar-refractivity contribution in [2.45, 2.75) is 39.7 Å². The van der Waals surface area contributed by atoms with E-state index < -0.39 is 0 Å². The summed E-state index contributed by atoms with van der Waals surface area (Å²) in [7, 11) is 0. The molecule has 2 heterocycles. The van der Waals surface area contributed by atoms with Gasteiger partial charge in [0.05, 0.1) is 5.69 Å². The Morgan fingerprint density at radius 3 is 2.76 bits per heavy atom. The summed E-state index contributed by atoms with van der Waals surface area (Å²) in [5, 5.41) is 7.09. The zero-order valence-corrected chi connectivity index (χ0v) is 15.5. The monoisotopic (exact) mass is 342 g/mol. The maximum absolute atomic E-state index is 12.4. The van der Waals surface area contributed by atoms with Crippen LogP contribution in [0.3, 0.4) is 0 Å². The van der Waals surface area contributed by atoms with Gasteiger partial charge in [0.1, 0.15) is 0 Å². The van der Waals surface area contributed by atoms with Crippen LogP contribution in [0.1, 0.15) is 33.6 Å². The van der Waals surface area contributed by atoms with Crippen molar-refractivity contribution in [1.29, 1.82) is 0 Å². The first-order chi connectivity index (χ1) is 12.0. The summed E-state index contributed by atoms with van der Waals surface area (Å²) < 4.78 is 0. The number of nitrogens with zero attached hydrogens (tertiary/aromatic N) is 1. The van der Waals surface area contributed by atoms with Crippen molar-refractivity contribution in [2.24, 2.45) is 11.8 Å². The number of likely N-dealkylation sites (tertiary alicyclic amines) is 1. The van der Waals surface area contributed by atoms with E-state index in [1.807, 2.05) is 30.5 Å². The van der Waals surface area contributed by atoms with E-state index in [9.17, 15) is 4.79 Å². The number of H-pyrrole nitrogens is 1. The average Bonchev–Trinajstić information content (AvgIpc) is 3.06. The fourth-order valence-electron chi connectivity index (χ4n) is 3.70. The van der Waals surface area contributed by atoms with Gasteiger partial charge in [-0.25, -0.2) is 4.79 Å². The molecule has 1 aromatic heterocycles. The summed E-state index contributed by atoms with van der Waals surface area (Å²) in [6, 6.07) is 8.12. The zero-order chi connectivity index (χ0) is 17.8. The topological polar surface area (TPSA) is 60.2 Å². The van der Waals surface area contributed by atoms with Gasteiger partial charge < -0.3 is 15.6 Å². The summed E-state index contributed by atoms with van der Waals surface area (Å²) >= 11 is 0. The van der Waals surface area contributed by atoms with Gasteiger partial charge in [-0.15, -0.1) is 0 Å². The smallest absolute Gasteiger partial charge is 0.319 e. The third-order valence-corrected chi connectivity index (χ3v) is 5.37. The van der Waals surface area contributed by atoms with E-state index in [1.165, 1.54) is 12.8 Å². The Labute approximate surface area is 150 Å². The third kappa shape index (κ3) is 4.34. The Kier molecular flexibility index (Phi) is 5.63. The normalized spacial score (nSPS) is 17.8. The van der Waals surface area contributed by atoms with Crippen molar-refractivity contribution < 1.29 is 4.79 Å². The maximum atomic E-state index is 12.4. The van der Waals surface area contributed by atoms with Crippen LogP contribution in [0.4, 0.5) is 10.5 Å². The fraction of sp³-hybridized carbons (Fsp3) is 0.550. The number of benzene rings is 1. The number of aromatic nitrogens is 1. The van der Waals surface area contributed by atoms with Gasteiger partial charge in [0.25, 0.3) is 0 Å². The van der Waals surface area contributed by atoms with Gasteiger partial charge in [-0.05, 0) is 56.0 Å². The van der Waals surface area contributed by atoms with E-state index in [0.29, 0.717) is 18.5 Å². The number of nitrogens with one attached hydrogen (secondary N) is 3. The number of rotatable bonds is 5. The van der Waals surface area contributed by atoms with Gasteiger partial charge in [-0.1, -0.05) is 26.8 Å². The van der Waals surface area contributed by atoms with E-state index >= 15 is 0 Å². The van der Waals surface area contributed by atoms with Crippen molar-refractivity contribution in [2.75, 3.05) is 25.0 Å². The number of piperidine rings is 1. The largest absolute Gasteiger partial charge is 0.361 e. The molecule has 0 aliphatic carbocycles. The average molecular weight is 342 g/mol. The van der Waals surface area contributed by atoms with Gasteiger partial charge in [0, 0.05) is 29.7 Å². The molecule has 0 radical (unpaired) electrons. The molecule has 5 heteroatoms. The molecule has 136 valence electrons. The molecule has 3 rings (SSSR count). The molecule has 0 spiro atoms.